The van der Waals surface area contributed by atoms with Gasteiger partial charge in [-0.1, -0.05) is 18.5 Å². The number of nitrogens with zero attached hydrogens (tertiary/aromatic N) is 1. The van der Waals surface area contributed by atoms with Crippen molar-refractivity contribution in [2.75, 3.05) is 0 Å². The predicted octanol–water partition coefficient (Wildman–Crippen LogP) is 4.39. The van der Waals surface area contributed by atoms with Crippen molar-refractivity contribution in [1.29, 1.82) is 5.26 Å². The van der Waals surface area contributed by atoms with Crippen molar-refractivity contribution in [2.24, 2.45) is 0 Å². The van der Waals surface area contributed by atoms with Gasteiger partial charge in [-0.2, -0.15) is 5.26 Å². The Kier molecular flexibility index (Phi) is 3.98. The molecule has 0 unspecified atom stereocenters. The summed E-state index contributed by atoms with van der Waals surface area (Å²) in [6.07, 6.45) is 0.669. The summed E-state index contributed by atoms with van der Waals surface area (Å²) < 4.78 is 1.02. The van der Waals surface area contributed by atoms with E-state index in [1.807, 2.05) is 18.4 Å². The molecule has 1 rings (SSSR count). The quantitative estimate of drug-likeness (QED) is 0.735. The van der Waals surface area contributed by atoms with Crippen LogP contribution < -0.4 is 0 Å². The largest absolute Gasteiger partial charge is 0.193 e. The SMILES string of the molecule is CCC(C#N)=C(Cl)c1csc(Br)c1. The summed E-state index contributed by atoms with van der Waals surface area (Å²) in [7, 11) is 0. The first kappa shape index (κ1) is 10.8. The summed E-state index contributed by atoms with van der Waals surface area (Å²) in [5.74, 6) is 0. The van der Waals surface area contributed by atoms with Crippen LogP contribution in [0.4, 0.5) is 0 Å². The lowest BCUT2D eigenvalue weighted by atomic mass is 10.1. The smallest absolute Gasteiger partial charge is 0.0962 e. The lowest BCUT2D eigenvalue weighted by molar-refractivity contribution is 1.16. The topological polar surface area (TPSA) is 23.8 Å². The fourth-order valence-corrected chi connectivity index (χ4v) is 2.38. The number of nitriles is 1. The van der Waals surface area contributed by atoms with Gasteiger partial charge in [-0.25, -0.2) is 0 Å². The van der Waals surface area contributed by atoms with Gasteiger partial charge in [-0.05, 0) is 28.4 Å². The Hall–Kier alpha value is -0.300. The van der Waals surface area contributed by atoms with Crippen LogP contribution in [0.1, 0.15) is 18.9 Å². The van der Waals surface area contributed by atoms with Gasteiger partial charge in [0.05, 0.1) is 14.9 Å². The van der Waals surface area contributed by atoms with Crippen LogP contribution in [-0.4, -0.2) is 0 Å². The molecule has 0 aromatic carbocycles. The third-order valence-corrected chi connectivity index (χ3v) is 3.53. The van der Waals surface area contributed by atoms with Gasteiger partial charge >= 0.3 is 0 Å². The monoisotopic (exact) mass is 275 g/mol. The molecule has 13 heavy (non-hydrogen) atoms. The van der Waals surface area contributed by atoms with Crippen LogP contribution in [0, 0.1) is 11.3 Å². The van der Waals surface area contributed by atoms with Gasteiger partial charge in [0.1, 0.15) is 0 Å². The Morgan fingerprint density at radius 1 is 1.77 bits per heavy atom. The molecule has 0 atom stereocenters. The van der Waals surface area contributed by atoms with Crippen molar-refractivity contribution in [3.63, 3.8) is 0 Å². The highest BCUT2D eigenvalue weighted by Crippen LogP contribution is 2.30. The van der Waals surface area contributed by atoms with Gasteiger partial charge < -0.3 is 0 Å². The zero-order valence-corrected chi connectivity index (χ0v) is 10.1. The first-order valence-corrected chi connectivity index (χ1v) is 5.77. The minimum absolute atomic E-state index is 0.562. The first-order valence-electron chi connectivity index (χ1n) is 3.72. The summed E-state index contributed by atoms with van der Waals surface area (Å²) in [5.41, 5.74) is 1.55. The number of hydrogen-bond acceptors (Lipinski definition) is 2. The molecule has 0 aliphatic heterocycles. The predicted molar refractivity (Wildman–Crippen MR) is 60.7 cm³/mol. The summed E-state index contributed by atoms with van der Waals surface area (Å²) in [6, 6.07) is 4.01. The van der Waals surface area contributed by atoms with Gasteiger partial charge in [0, 0.05) is 16.5 Å². The highest BCUT2D eigenvalue weighted by atomic mass is 79.9. The standard InChI is InChI=1S/C9H7BrClNS/c1-2-6(4-12)9(11)7-3-8(10)13-5-7/h3,5H,2H2,1H3. The van der Waals surface area contributed by atoms with Crippen LogP contribution in [0.15, 0.2) is 20.8 Å². The van der Waals surface area contributed by atoms with Crippen molar-refractivity contribution in [3.8, 4) is 6.07 Å². The summed E-state index contributed by atoms with van der Waals surface area (Å²) in [6.45, 7) is 1.92. The van der Waals surface area contributed by atoms with E-state index in [1.165, 1.54) is 0 Å². The number of rotatable bonds is 2. The van der Waals surface area contributed by atoms with Crippen LogP contribution in [0.2, 0.25) is 0 Å². The van der Waals surface area contributed by atoms with Crippen LogP contribution >= 0.6 is 38.9 Å². The van der Waals surface area contributed by atoms with Crippen molar-refractivity contribution in [2.45, 2.75) is 13.3 Å². The Bertz CT molecular complexity index is 375. The fourth-order valence-electron chi connectivity index (χ4n) is 0.883. The Morgan fingerprint density at radius 3 is 2.85 bits per heavy atom. The molecule has 0 amide bonds. The molecule has 1 aromatic heterocycles. The van der Waals surface area contributed by atoms with E-state index >= 15 is 0 Å². The molecular weight excluding hydrogens is 270 g/mol. The molecule has 0 aliphatic rings. The summed E-state index contributed by atoms with van der Waals surface area (Å²) in [4.78, 5) is 0. The maximum Gasteiger partial charge on any atom is 0.0962 e. The van der Waals surface area contributed by atoms with Gasteiger partial charge in [-0.3, -0.25) is 0 Å². The molecule has 0 bridgehead atoms. The molecule has 0 fully saturated rings. The molecule has 1 aromatic rings. The molecule has 1 heterocycles. The maximum atomic E-state index is 8.76. The van der Waals surface area contributed by atoms with Crippen LogP contribution in [0.25, 0.3) is 5.03 Å². The molecule has 0 saturated carbocycles. The lowest BCUT2D eigenvalue weighted by Gasteiger charge is -1.96. The maximum absolute atomic E-state index is 8.76. The zero-order valence-electron chi connectivity index (χ0n) is 6.97. The third-order valence-electron chi connectivity index (χ3n) is 1.57. The minimum atomic E-state index is 0.562. The molecule has 0 aliphatic carbocycles. The second-order valence-electron chi connectivity index (χ2n) is 2.40. The lowest BCUT2D eigenvalue weighted by Crippen LogP contribution is -1.80. The highest BCUT2D eigenvalue weighted by molar-refractivity contribution is 9.11. The second-order valence-corrected chi connectivity index (χ2v) is 5.07. The van der Waals surface area contributed by atoms with E-state index in [9.17, 15) is 0 Å². The molecular formula is C9H7BrClNS. The van der Waals surface area contributed by atoms with Crippen LogP contribution in [-0.2, 0) is 0 Å². The van der Waals surface area contributed by atoms with Crippen LogP contribution in [0.5, 0.6) is 0 Å². The molecule has 0 saturated heterocycles. The van der Waals surface area contributed by atoms with Crippen molar-refractivity contribution in [1.82, 2.24) is 0 Å². The van der Waals surface area contributed by atoms with Gasteiger partial charge in [-0.15, -0.1) is 11.3 Å². The van der Waals surface area contributed by atoms with Gasteiger partial charge in [0.25, 0.3) is 0 Å². The van der Waals surface area contributed by atoms with Gasteiger partial charge in [0.2, 0.25) is 0 Å². The van der Waals surface area contributed by atoms with Crippen LogP contribution in [0.3, 0.4) is 0 Å². The molecule has 0 N–H and O–H groups in total. The first-order chi connectivity index (χ1) is 6.19. The van der Waals surface area contributed by atoms with Crippen molar-refractivity contribution in [3.05, 3.63) is 26.4 Å². The number of allylic oxidation sites excluding steroid dienone is 1. The van der Waals surface area contributed by atoms with E-state index in [1.54, 1.807) is 11.3 Å². The molecule has 1 nitrogen and oxygen atoms in total. The molecule has 0 spiro atoms. The van der Waals surface area contributed by atoms with E-state index < -0.39 is 0 Å². The zero-order chi connectivity index (χ0) is 9.84. The normalized spacial score (nSPS) is 12.2. The van der Waals surface area contributed by atoms with E-state index in [4.69, 9.17) is 16.9 Å². The number of halogens is 2. The van der Waals surface area contributed by atoms with E-state index in [2.05, 4.69) is 22.0 Å². The number of thiophene rings is 1. The summed E-state index contributed by atoms with van der Waals surface area (Å²) >= 11 is 10.9. The Morgan fingerprint density at radius 2 is 2.46 bits per heavy atom. The molecule has 68 valence electrons. The average molecular weight is 277 g/mol. The molecule has 0 radical (unpaired) electrons. The molecule has 4 heteroatoms. The fraction of sp³-hybridized carbons (Fsp3) is 0.222. The van der Waals surface area contributed by atoms with Gasteiger partial charge in [0.15, 0.2) is 0 Å². The van der Waals surface area contributed by atoms with Crippen molar-refractivity contribution >= 4 is 43.9 Å². The highest BCUT2D eigenvalue weighted by Gasteiger charge is 2.06. The average Bonchev–Trinajstić information content (AvgIpc) is 2.54. The summed E-state index contributed by atoms with van der Waals surface area (Å²) in [5, 5.41) is 11.3. The van der Waals surface area contributed by atoms with E-state index in [-0.39, 0.29) is 0 Å². The Balaban J connectivity index is 3.09. The van der Waals surface area contributed by atoms with E-state index in [0.717, 1.165) is 9.35 Å². The van der Waals surface area contributed by atoms with Crippen molar-refractivity contribution < 1.29 is 0 Å². The van der Waals surface area contributed by atoms with E-state index in [0.29, 0.717) is 17.0 Å². The second kappa shape index (κ2) is 4.80. The minimum Gasteiger partial charge on any atom is -0.193 e. The third kappa shape index (κ3) is 2.57. The Labute approximate surface area is 94.8 Å². The number of hydrogen-bond donors (Lipinski definition) is 0.